The predicted octanol–water partition coefficient (Wildman–Crippen LogP) is 9.75. The summed E-state index contributed by atoms with van der Waals surface area (Å²) in [5.41, 5.74) is 11.1. The smallest absolute Gasteiger partial charge is 0.275 e. The molecule has 0 aromatic heterocycles. The molecule has 0 heterocycles. The molecule has 198 valence electrons. The molecule has 4 nitrogen and oxygen atoms in total. The van der Waals surface area contributed by atoms with Crippen molar-refractivity contribution < 1.29 is 18.1 Å². The summed E-state index contributed by atoms with van der Waals surface area (Å²) in [5.74, 6) is 3.30. The van der Waals surface area contributed by atoms with Crippen LogP contribution in [0.15, 0.2) is 60.7 Å². The summed E-state index contributed by atoms with van der Waals surface area (Å²) in [4.78, 5) is 0. The lowest BCUT2D eigenvalue weighted by Crippen LogP contribution is -2.02. The quantitative estimate of drug-likeness (QED) is 0.196. The molecule has 38 heavy (non-hydrogen) atoms. The van der Waals surface area contributed by atoms with Gasteiger partial charge in [-0.2, -0.15) is 0 Å². The monoisotopic (exact) mass is 546 g/mol. The second-order valence-corrected chi connectivity index (χ2v) is 10.9. The van der Waals surface area contributed by atoms with Crippen LogP contribution in [0.3, 0.4) is 0 Å². The molecule has 0 saturated carbocycles. The minimum atomic E-state index is -0.181. The molecule has 0 fully saturated rings. The van der Waals surface area contributed by atoms with E-state index in [1.807, 2.05) is 62.4 Å². The minimum Gasteiger partial charge on any atom is -0.440 e. The highest BCUT2D eigenvalue weighted by molar-refractivity contribution is 7.27. The van der Waals surface area contributed by atoms with Crippen molar-refractivity contribution in [3.05, 3.63) is 105 Å². The van der Waals surface area contributed by atoms with E-state index in [1.165, 1.54) is 11.1 Å². The van der Waals surface area contributed by atoms with Crippen LogP contribution in [0.5, 0.6) is 23.0 Å². The molecule has 0 aliphatic carbocycles. The summed E-state index contributed by atoms with van der Waals surface area (Å²) in [5, 5.41) is 0. The standard InChI is InChI=1S/C32H36O4P2/c1-19-13-9-11-15-27(19)33-37-35-31-23(5)17-21(3)25(7)29(31)30-26(8)22(4)18-24(6)32(30)36-38-34-28-16-12-10-14-20(28)2/h9-18,37-38H,1-8H3. The summed E-state index contributed by atoms with van der Waals surface area (Å²) >= 11 is 0. The Labute approximate surface area is 230 Å². The van der Waals surface area contributed by atoms with Crippen molar-refractivity contribution in [1.82, 2.24) is 0 Å². The topological polar surface area (TPSA) is 36.9 Å². The van der Waals surface area contributed by atoms with Gasteiger partial charge in [0.15, 0.2) is 0 Å². The highest BCUT2D eigenvalue weighted by Gasteiger charge is 2.24. The van der Waals surface area contributed by atoms with E-state index in [1.54, 1.807) is 0 Å². The number of hydrogen-bond acceptors (Lipinski definition) is 4. The van der Waals surface area contributed by atoms with Crippen LogP contribution in [0.1, 0.15) is 44.5 Å². The molecular formula is C32H36O4P2. The molecule has 0 aliphatic heterocycles. The van der Waals surface area contributed by atoms with Crippen LogP contribution in [-0.2, 0) is 0 Å². The third-order valence-corrected chi connectivity index (χ3v) is 8.18. The first-order chi connectivity index (χ1) is 18.2. The highest BCUT2D eigenvalue weighted by atomic mass is 31.1. The lowest BCUT2D eigenvalue weighted by atomic mass is 9.87. The van der Waals surface area contributed by atoms with Crippen molar-refractivity contribution in [2.75, 3.05) is 0 Å². The number of para-hydroxylation sites is 2. The Morgan fingerprint density at radius 2 is 0.789 bits per heavy atom. The first-order valence-electron chi connectivity index (χ1n) is 12.7. The molecule has 0 bridgehead atoms. The Morgan fingerprint density at radius 1 is 0.421 bits per heavy atom. The van der Waals surface area contributed by atoms with Crippen LogP contribution in [0.25, 0.3) is 11.1 Å². The Bertz CT molecular complexity index is 1350. The number of hydrogen-bond donors (Lipinski definition) is 0. The molecule has 4 aromatic carbocycles. The Kier molecular flexibility index (Phi) is 8.98. The summed E-state index contributed by atoms with van der Waals surface area (Å²) in [6, 6.07) is 20.3. The van der Waals surface area contributed by atoms with Crippen LogP contribution in [0, 0.1) is 55.4 Å². The lowest BCUT2D eigenvalue weighted by Gasteiger charge is -2.24. The zero-order valence-electron chi connectivity index (χ0n) is 23.4. The number of benzene rings is 4. The molecule has 2 atom stereocenters. The van der Waals surface area contributed by atoms with Gasteiger partial charge in [0.1, 0.15) is 23.0 Å². The molecule has 0 saturated heterocycles. The van der Waals surface area contributed by atoms with E-state index in [4.69, 9.17) is 18.1 Å². The van der Waals surface area contributed by atoms with E-state index < -0.39 is 0 Å². The summed E-state index contributed by atoms with van der Waals surface area (Å²) in [7, 11) is -0.362. The van der Waals surface area contributed by atoms with Gasteiger partial charge >= 0.3 is 0 Å². The Balaban J connectivity index is 1.73. The van der Waals surface area contributed by atoms with E-state index in [0.717, 1.165) is 67.5 Å². The maximum Gasteiger partial charge on any atom is 0.275 e. The fraction of sp³-hybridized carbons (Fsp3) is 0.250. The van der Waals surface area contributed by atoms with Gasteiger partial charge in [-0.3, -0.25) is 0 Å². The van der Waals surface area contributed by atoms with Crippen molar-refractivity contribution in [3.8, 4) is 34.1 Å². The van der Waals surface area contributed by atoms with Gasteiger partial charge in [0.2, 0.25) is 0 Å². The fourth-order valence-corrected chi connectivity index (χ4v) is 5.96. The average molecular weight is 547 g/mol. The van der Waals surface area contributed by atoms with Crippen molar-refractivity contribution in [1.29, 1.82) is 0 Å². The van der Waals surface area contributed by atoms with Crippen LogP contribution in [0.2, 0.25) is 0 Å². The second-order valence-electron chi connectivity index (χ2n) is 9.78. The zero-order chi connectivity index (χ0) is 27.4. The molecule has 4 aromatic rings. The van der Waals surface area contributed by atoms with E-state index in [-0.39, 0.29) is 18.1 Å². The van der Waals surface area contributed by atoms with Gasteiger partial charge in [-0.15, -0.1) is 0 Å². The van der Waals surface area contributed by atoms with Gasteiger partial charge in [-0.1, -0.05) is 48.5 Å². The van der Waals surface area contributed by atoms with Crippen LogP contribution in [-0.4, -0.2) is 0 Å². The zero-order valence-corrected chi connectivity index (χ0v) is 25.4. The molecule has 0 amide bonds. The predicted molar refractivity (Wildman–Crippen MR) is 162 cm³/mol. The van der Waals surface area contributed by atoms with Gasteiger partial charge < -0.3 is 18.1 Å². The van der Waals surface area contributed by atoms with Gasteiger partial charge in [0.25, 0.3) is 18.1 Å². The second kappa shape index (κ2) is 12.2. The summed E-state index contributed by atoms with van der Waals surface area (Å²) in [6.45, 7) is 16.8. The largest absolute Gasteiger partial charge is 0.440 e. The van der Waals surface area contributed by atoms with Gasteiger partial charge in [0, 0.05) is 11.1 Å². The van der Waals surface area contributed by atoms with Crippen LogP contribution in [0.4, 0.5) is 0 Å². The lowest BCUT2D eigenvalue weighted by molar-refractivity contribution is 0.507. The molecule has 0 N–H and O–H groups in total. The maximum atomic E-state index is 6.42. The third-order valence-electron chi connectivity index (χ3n) is 7.00. The van der Waals surface area contributed by atoms with Crippen molar-refractivity contribution in [2.24, 2.45) is 0 Å². The first-order valence-corrected chi connectivity index (χ1v) is 14.3. The van der Waals surface area contributed by atoms with Gasteiger partial charge in [0.05, 0.1) is 0 Å². The van der Waals surface area contributed by atoms with Crippen molar-refractivity contribution in [2.45, 2.75) is 55.4 Å². The maximum absolute atomic E-state index is 6.42. The first kappa shape index (κ1) is 28.0. The van der Waals surface area contributed by atoms with Crippen molar-refractivity contribution in [3.63, 3.8) is 0 Å². The molecule has 6 heteroatoms. The number of aryl methyl sites for hydroxylation is 6. The molecule has 4 rings (SSSR count). The SMILES string of the molecule is Cc1ccccc1OPOc1c(C)cc(C)c(C)c1-c1c(C)c(C)cc(C)c1OPOc1ccccc1C. The highest BCUT2D eigenvalue weighted by Crippen LogP contribution is 2.48. The van der Waals surface area contributed by atoms with Crippen LogP contribution < -0.4 is 18.1 Å². The van der Waals surface area contributed by atoms with E-state index in [0.29, 0.717) is 0 Å². The minimum absolute atomic E-state index is 0.181. The van der Waals surface area contributed by atoms with E-state index in [9.17, 15) is 0 Å². The van der Waals surface area contributed by atoms with Gasteiger partial charge in [-0.05, 0) is 112 Å². The molecular weight excluding hydrogens is 510 g/mol. The molecule has 0 spiro atoms. The normalized spacial score (nSPS) is 11.5. The van der Waals surface area contributed by atoms with E-state index in [2.05, 4.69) is 53.7 Å². The number of rotatable bonds is 9. The summed E-state index contributed by atoms with van der Waals surface area (Å²) < 4.78 is 24.9. The molecule has 0 aliphatic rings. The van der Waals surface area contributed by atoms with Crippen LogP contribution >= 0.6 is 18.1 Å². The average Bonchev–Trinajstić information content (AvgIpc) is 2.88. The molecule has 2 unspecified atom stereocenters. The molecule has 0 radical (unpaired) electrons. The summed E-state index contributed by atoms with van der Waals surface area (Å²) in [6.07, 6.45) is 0. The Hall–Kier alpha value is -3.06. The Morgan fingerprint density at radius 3 is 1.16 bits per heavy atom. The van der Waals surface area contributed by atoms with Crippen molar-refractivity contribution >= 4 is 18.1 Å². The van der Waals surface area contributed by atoms with E-state index >= 15 is 0 Å². The van der Waals surface area contributed by atoms with Gasteiger partial charge in [-0.25, -0.2) is 0 Å². The third kappa shape index (κ3) is 5.98. The fourth-order valence-electron chi connectivity index (χ4n) is 4.55.